The molecule has 104 valence electrons. The van der Waals surface area contributed by atoms with Crippen molar-refractivity contribution in [3.63, 3.8) is 0 Å². The number of pyridine rings is 1. The minimum Gasteiger partial charge on any atom is -0.508 e. The van der Waals surface area contributed by atoms with Gasteiger partial charge < -0.3 is 5.11 Å². The molecule has 0 spiro atoms. The van der Waals surface area contributed by atoms with Gasteiger partial charge in [-0.2, -0.15) is 0 Å². The number of nitro benzene ring substituents is 1. The Bertz CT molecular complexity index is 865. The van der Waals surface area contributed by atoms with Crippen molar-refractivity contribution in [3.05, 3.63) is 64.6 Å². The average Bonchev–Trinajstić information content (AvgIpc) is 2.46. The monoisotopic (exact) mass is 284 g/mol. The number of phenolic OH excluding ortho intramolecular Hbond substituents is 1. The average molecular weight is 284 g/mol. The molecule has 0 atom stereocenters. The summed E-state index contributed by atoms with van der Waals surface area (Å²) in [7, 11) is 0. The number of rotatable bonds is 2. The van der Waals surface area contributed by atoms with E-state index in [4.69, 9.17) is 0 Å². The molecule has 0 aliphatic rings. The van der Waals surface area contributed by atoms with Gasteiger partial charge in [-0.3, -0.25) is 15.1 Å². The predicted octanol–water partition coefficient (Wildman–Crippen LogP) is 3.65. The molecule has 1 aromatic heterocycles. The molecular weight excluding hydrogens is 275 g/mol. The number of fused-ring (bicyclic) bond motifs is 1. The number of nitrogens with zero attached hydrogens (tertiary/aromatic N) is 2. The van der Waals surface area contributed by atoms with Gasteiger partial charge in [0.2, 0.25) is 0 Å². The number of nitro groups is 1. The van der Waals surface area contributed by atoms with Gasteiger partial charge in [0.1, 0.15) is 11.6 Å². The molecule has 3 rings (SSSR count). The molecule has 0 aliphatic heterocycles. The molecule has 0 bridgehead atoms. The zero-order chi connectivity index (χ0) is 15.0. The Hall–Kier alpha value is -3.02. The molecule has 1 heterocycles. The minimum atomic E-state index is -0.676. The molecule has 3 aromatic rings. The van der Waals surface area contributed by atoms with Gasteiger partial charge in [-0.1, -0.05) is 0 Å². The topological polar surface area (TPSA) is 76.3 Å². The molecule has 0 saturated carbocycles. The Morgan fingerprint density at radius 1 is 1.10 bits per heavy atom. The van der Waals surface area contributed by atoms with Crippen molar-refractivity contribution in [3.8, 4) is 16.9 Å². The van der Waals surface area contributed by atoms with Crippen molar-refractivity contribution in [2.24, 2.45) is 0 Å². The van der Waals surface area contributed by atoms with E-state index in [9.17, 15) is 19.6 Å². The van der Waals surface area contributed by atoms with Crippen molar-refractivity contribution in [1.29, 1.82) is 0 Å². The van der Waals surface area contributed by atoms with E-state index in [-0.39, 0.29) is 17.0 Å². The normalized spacial score (nSPS) is 10.7. The molecule has 0 aliphatic carbocycles. The molecule has 6 heteroatoms. The predicted molar refractivity (Wildman–Crippen MR) is 75.5 cm³/mol. The van der Waals surface area contributed by atoms with Crippen LogP contribution in [0.2, 0.25) is 0 Å². The van der Waals surface area contributed by atoms with Gasteiger partial charge in [0.05, 0.1) is 16.5 Å². The molecule has 21 heavy (non-hydrogen) atoms. The van der Waals surface area contributed by atoms with Crippen molar-refractivity contribution in [1.82, 2.24) is 4.98 Å². The molecule has 5 nitrogen and oxygen atoms in total. The van der Waals surface area contributed by atoms with Crippen LogP contribution in [0.4, 0.5) is 10.1 Å². The van der Waals surface area contributed by atoms with Gasteiger partial charge in [-0.15, -0.1) is 0 Å². The number of phenols is 1. The zero-order valence-electron chi connectivity index (χ0n) is 10.7. The van der Waals surface area contributed by atoms with Crippen LogP contribution in [0.15, 0.2) is 48.7 Å². The van der Waals surface area contributed by atoms with Crippen LogP contribution >= 0.6 is 0 Å². The van der Waals surface area contributed by atoms with Crippen LogP contribution in [0.25, 0.3) is 22.0 Å². The standard InChI is InChI=1S/C15H9FN2O3/c16-14-7-9(18(20)21)1-3-12(14)11-5-6-17-15-8-10(19)2-4-13(11)15/h1-8,19H. The summed E-state index contributed by atoms with van der Waals surface area (Å²) in [6.07, 6.45) is 1.50. The molecule has 2 aromatic carbocycles. The molecule has 0 saturated heterocycles. The van der Waals surface area contributed by atoms with Crippen molar-refractivity contribution in [2.45, 2.75) is 0 Å². The van der Waals surface area contributed by atoms with Crippen LogP contribution in [0.3, 0.4) is 0 Å². The van der Waals surface area contributed by atoms with Crippen LogP contribution < -0.4 is 0 Å². The highest BCUT2D eigenvalue weighted by molar-refractivity contribution is 5.95. The Kier molecular flexibility index (Phi) is 2.98. The smallest absolute Gasteiger partial charge is 0.272 e. The Labute approximate surface area is 118 Å². The first kappa shape index (κ1) is 13.0. The van der Waals surface area contributed by atoms with E-state index < -0.39 is 10.7 Å². The lowest BCUT2D eigenvalue weighted by Crippen LogP contribution is -1.92. The number of non-ortho nitro benzene ring substituents is 1. The number of hydrogen-bond acceptors (Lipinski definition) is 4. The van der Waals surface area contributed by atoms with Crippen LogP contribution in [-0.2, 0) is 0 Å². The maximum atomic E-state index is 14.1. The van der Waals surface area contributed by atoms with Crippen LogP contribution in [0.5, 0.6) is 5.75 Å². The zero-order valence-corrected chi connectivity index (χ0v) is 10.7. The third-order valence-electron chi connectivity index (χ3n) is 3.18. The summed E-state index contributed by atoms with van der Waals surface area (Å²) < 4.78 is 14.1. The highest BCUT2D eigenvalue weighted by Gasteiger charge is 2.14. The SMILES string of the molecule is O=[N+]([O-])c1ccc(-c2ccnc3cc(O)ccc23)c(F)c1. The van der Waals surface area contributed by atoms with Gasteiger partial charge in [0.25, 0.3) is 5.69 Å². The van der Waals surface area contributed by atoms with Gasteiger partial charge in [0, 0.05) is 29.3 Å². The maximum absolute atomic E-state index is 14.1. The lowest BCUT2D eigenvalue weighted by molar-refractivity contribution is -0.385. The van der Waals surface area contributed by atoms with Gasteiger partial charge in [-0.05, 0) is 29.8 Å². The fraction of sp³-hybridized carbons (Fsp3) is 0. The summed E-state index contributed by atoms with van der Waals surface area (Å²) in [5.41, 5.74) is 1.03. The van der Waals surface area contributed by atoms with E-state index in [1.54, 1.807) is 12.1 Å². The summed E-state index contributed by atoms with van der Waals surface area (Å²) in [5, 5.41) is 20.8. The lowest BCUT2D eigenvalue weighted by Gasteiger charge is -2.07. The second-order valence-electron chi connectivity index (χ2n) is 4.48. The fourth-order valence-corrected chi connectivity index (χ4v) is 2.21. The van der Waals surface area contributed by atoms with E-state index >= 15 is 0 Å². The van der Waals surface area contributed by atoms with Gasteiger partial charge in [0.15, 0.2) is 0 Å². The Morgan fingerprint density at radius 3 is 2.62 bits per heavy atom. The number of hydrogen-bond donors (Lipinski definition) is 1. The Morgan fingerprint density at radius 2 is 1.90 bits per heavy atom. The second-order valence-corrected chi connectivity index (χ2v) is 4.48. The maximum Gasteiger partial charge on any atom is 0.272 e. The largest absolute Gasteiger partial charge is 0.508 e. The van der Waals surface area contributed by atoms with Crippen LogP contribution in [-0.4, -0.2) is 15.0 Å². The van der Waals surface area contributed by atoms with Crippen LogP contribution in [0, 0.1) is 15.9 Å². The third kappa shape index (κ3) is 2.27. The lowest BCUT2D eigenvalue weighted by atomic mass is 10.0. The summed E-state index contributed by atoms with van der Waals surface area (Å²) in [4.78, 5) is 14.1. The first-order valence-electron chi connectivity index (χ1n) is 6.08. The fourth-order valence-electron chi connectivity index (χ4n) is 2.21. The summed E-state index contributed by atoms with van der Waals surface area (Å²) in [6, 6.07) is 9.73. The third-order valence-corrected chi connectivity index (χ3v) is 3.18. The second kappa shape index (κ2) is 4.82. The van der Waals surface area contributed by atoms with Crippen molar-refractivity contribution < 1.29 is 14.4 Å². The van der Waals surface area contributed by atoms with E-state index in [0.717, 1.165) is 6.07 Å². The molecule has 0 amide bonds. The number of halogens is 1. The van der Waals surface area contributed by atoms with Gasteiger partial charge in [-0.25, -0.2) is 4.39 Å². The highest BCUT2D eigenvalue weighted by atomic mass is 19.1. The number of aromatic nitrogens is 1. The molecule has 1 N–H and O–H groups in total. The van der Waals surface area contributed by atoms with E-state index in [1.165, 1.54) is 30.5 Å². The first-order chi connectivity index (χ1) is 10.1. The highest BCUT2D eigenvalue weighted by Crippen LogP contribution is 2.32. The first-order valence-corrected chi connectivity index (χ1v) is 6.08. The van der Waals surface area contributed by atoms with E-state index in [0.29, 0.717) is 16.5 Å². The van der Waals surface area contributed by atoms with Crippen molar-refractivity contribution in [2.75, 3.05) is 0 Å². The number of aromatic hydroxyl groups is 1. The minimum absolute atomic E-state index is 0.0660. The quantitative estimate of drug-likeness (QED) is 0.575. The molecule has 0 radical (unpaired) electrons. The summed E-state index contributed by atoms with van der Waals surface area (Å²) >= 11 is 0. The van der Waals surface area contributed by atoms with E-state index in [2.05, 4.69) is 4.98 Å². The van der Waals surface area contributed by atoms with Gasteiger partial charge >= 0.3 is 0 Å². The number of benzene rings is 2. The van der Waals surface area contributed by atoms with E-state index in [1.807, 2.05) is 0 Å². The molecule has 0 fully saturated rings. The van der Waals surface area contributed by atoms with Crippen LogP contribution in [0.1, 0.15) is 0 Å². The summed E-state index contributed by atoms with van der Waals surface area (Å²) in [5.74, 6) is -0.610. The van der Waals surface area contributed by atoms with Crippen molar-refractivity contribution >= 4 is 16.6 Å². The molecular formula is C15H9FN2O3. The summed E-state index contributed by atoms with van der Waals surface area (Å²) in [6.45, 7) is 0. The Balaban J connectivity index is 2.23. The molecule has 0 unspecified atom stereocenters.